The molecular formula is C30H36N2O2S. The summed E-state index contributed by atoms with van der Waals surface area (Å²) in [4.78, 5) is 30.0. The Morgan fingerprint density at radius 1 is 0.886 bits per heavy atom. The Hall–Kier alpha value is -3.05. The third-order valence-electron chi connectivity index (χ3n) is 6.09. The van der Waals surface area contributed by atoms with Crippen molar-refractivity contribution in [1.29, 1.82) is 0 Å². The molecule has 1 N–H and O–H groups in total. The monoisotopic (exact) mass is 488 g/mol. The predicted molar refractivity (Wildman–Crippen MR) is 145 cm³/mol. The van der Waals surface area contributed by atoms with Crippen LogP contribution >= 0.6 is 11.8 Å². The van der Waals surface area contributed by atoms with Crippen LogP contribution in [0.1, 0.15) is 42.5 Å². The fourth-order valence-electron chi connectivity index (χ4n) is 3.86. The number of rotatable bonds is 11. The quantitative estimate of drug-likeness (QED) is 0.339. The summed E-state index contributed by atoms with van der Waals surface area (Å²) in [6.07, 6.45) is 1.30. The maximum Gasteiger partial charge on any atom is 0.243 e. The molecule has 0 heterocycles. The molecular weight excluding hydrogens is 452 g/mol. The zero-order valence-corrected chi connectivity index (χ0v) is 22.0. The van der Waals surface area contributed by atoms with Crippen LogP contribution in [0, 0.1) is 13.8 Å². The van der Waals surface area contributed by atoms with Crippen molar-refractivity contribution in [1.82, 2.24) is 10.2 Å². The summed E-state index contributed by atoms with van der Waals surface area (Å²) in [7, 11) is 0. The average Bonchev–Trinajstić information content (AvgIpc) is 2.86. The molecule has 35 heavy (non-hydrogen) atoms. The molecule has 2 amide bonds. The zero-order chi connectivity index (χ0) is 25.2. The number of carbonyl (C=O) groups excluding carboxylic acids is 2. The Bertz CT molecular complexity index is 1100. The molecule has 2 atom stereocenters. The van der Waals surface area contributed by atoms with Gasteiger partial charge in [-0.1, -0.05) is 84.8 Å². The highest BCUT2D eigenvalue weighted by Gasteiger charge is 2.31. The predicted octanol–water partition coefficient (Wildman–Crippen LogP) is 5.95. The first-order valence-electron chi connectivity index (χ1n) is 12.2. The molecule has 0 aliphatic rings. The van der Waals surface area contributed by atoms with Gasteiger partial charge in [-0.25, -0.2) is 0 Å². The van der Waals surface area contributed by atoms with Crippen LogP contribution in [-0.2, 0) is 22.6 Å². The van der Waals surface area contributed by atoms with Gasteiger partial charge in [0.05, 0.1) is 5.75 Å². The lowest BCUT2D eigenvalue weighted by Crippen LogP contribution is -2.52. The lowest BCUT2D eigenvalue weighted by molar-refractivity contribution is -0.139. The van der Waals surface area contributed by atoms with E-state index < -0.39 is 6.04 Å². The van der Waals surface area contributed by atoms with Crippen molar-refractivity contribution >= 4 is 23.6 Å². The second-order valence-corrected chi connectivity index (χ2v) is 10.2. The number of aryl methyl sites for hydroxylation is 2. The van der Waals surface area contributed by atoms with Crippen molar-refractivity contribution in [3.05, 3.63) is 101 Å². The standard InChI is InChI=1S/C30H36N2O2S/c1-5-24(4)31-30(34)28(19-25-11-7-6-8-12-25)32(20-26-13-9-10-23(3)18-26)29(33)21-35-27-16-14-22(2)15-17-27/h6-18,24,28H,5,19-21H2,1-4H3,(H,31,34)/t24-,28-/m1/s1. The summed E-state index contributed by atoms with van der Waals surface area (Å²) in [6.45, 7) is 8.52. The van der Waals surface area contributed by atoms with Gasteiger partial charge in [-0.15, -0.1) is 11.8 Å². The van der Waals surface area contributed by atoms with E-state index >= 15 is 0 Å². The third-order valence-corrected chi connectivity index (χ3v) is 7.09. The van der Waals surface area contributed by atoms with E-state index in [0.717, 1.165) is 28.0 Å². The van der Waals surface area contributed by atoms with Gasteiger partial charge in [0.1, 0.15) is 6.04 Å². The topological polar surface area (TPSA) is 49.4 Å². The van der Waals surface area contributed by atoms with Crippen molar-refractivity contribution < 1.29 is 9.59 Å². The average molecular weight is 489 g/mol. The van der Waals surface area contributed by atoms with Crippen LogP contribution in [0.4, 0.5) is 0 Å². The van der Waals surface area contributed by atoms with Crippen molar-refractivity contribution in [2.75, 3.05) is 5.75 Å². The molecule has 0 bridgehead atoms. The Morgan fingerprint density at radius 2 is 1.57 bits per heavy atom. The highest BCUT2D eigenvalue weighted by Crippen LogP contribution is 2.22. The molecule has 0 unspecified atom stereocenters. The molecule has 0 fully saturated rings. The molecule has 5 heteroatoms. The molecule has 0 saturated heterocycles. The van der Waals surface area contributed by atoms with E-state index in [-0.39, 0.29) is 23.6 Å². The van der Waals surface area contributed by atoms with Gasteiger partial charge >= 0.3 is 0 Å². The summed E-state index contributed by atoms with van der Waals surface area (Å²) in [5.41, 5.74) is 4.37. The molecule has 3 aromatic rings. The van der Waals surface area contributed by atoms with E-state index in [9.17, 15) is 9.59 Å². The molecule has 3 aromatic carbocycles. The number of thioether (sulfide) groups is 1. The Kier molecular flexibility index (Phi) is 9.98. The number of hydrogen-bond acceptors (Lipinski definition) is 3. The molecule has 0 spiro atoms. The van der Waals surface area contributed by atoms with E-state index in [1.807, 2.05) is 88.4 Å². The maximum atomic E-state index is 13.7. The van der Waals surface area contributed by atoms with Gasteiger partial charge in [-0.05, 0) is 50.5 Å². The minimum atomic E-state index is -0.599. The largest absolute Gasteiger partial charge is 0.352 e. The third kappa shape index (κ3) is 8.29. The van der Waals surface area contributed by atoms with Crippen molar-refractivity contribution in [2.24, 2.45) is 0 Å². The Morgan fingerprint density at radius 3 is 2.23 bits per heavy atom. The SMILES string of the molecule is CC[C@@H](C)NC(=O)[C@@H](Cc1ccccc1)N(Cc1cccc(C)c1)C(=O)CSc1ccc(C)cc1. The molecule has 0 aliphatic heterocycles. The van der Waals surface area contributed by atoms with Gasteiger partial charge in [0.15, 0.2) is 0 Å². The van der Waals surface area contributed by atoms with Crippen LogP contribution in [0.25, 0.3) is 0 Å². The Labute approximate surface area is 214 Å². The highest BCUT2D eigenvalue weighted by molar-refractivity contribution is 8.00. The number of carbonyl (C=O) groups is 2. The number of amides is 2. The summed E-state index contributed by atoms with van der Waals surface area (Å²) >= 11 is 1.51. The molecule has 0 aromatic heterocycles. The van der Waals surface area contributed by atoms with Gasteiger partial charge < -0.3 is 10.2 Å². The van der Waals surface area contributed by atoms with Crippen LogP contribution < -0.4 is 5.32 Å². The molecule has 4 nitrogen and oxygen atoms in total. The van der Waals surface area contributed by atoms with E-state index in [1.54, 1.807) is 4.90 Å². The molecule has 0 aliphatic carbocycles. The summed E-state index contributed by atoms with van der Waals surface area (Å²) < 4.78 is 0. The summed E-state index contributed by atoms with van der Waals surface area (Å²) in [5.74, 6) is 0.124. The van der Waals surface area contributed by atoms with E-state index in [0.29, 0.717) is 13.0 Å². The molecule has 0 radical (unpaired) electrons. The van der Waals surface area contributed by atoms with Gasteiger partial charge in [0.25, 0.3) is 0 Å². The minimum absolute atomic E-state index is 0.0404. The van der Waals surface area contributed by atoms with Crippen molar-refractivity contribution in [3.8, 4) is 0 Å². The number of hydrogen-bond donors (Lipinski definition) is 1. The molecule has 0 saturated carbocycles. The molecule has 184 valence electrons. The smallest absolute Gasteiger partial charge is 0.243 e. The first-order valence-corrected chi connectivity index (χ1v) is 13.2. The fourth-order valence-corrected chi connectivity index (χ4v) is 4.65. The summed E-state index contributed by atoms with van der Waals surface area (Å²) in [6, 6.07) is 25.7. The van der Waals surface area contributed by atoms with Gasteiger partial charge in [-0.2, -0.15) is 0 Å². The zero-order valence-electron chi connectivity index (χ0n) is 21.2. The minimum Gasteiger partial charge on any atom is -0.352 e. The lowest BCUT2D eigenvalue weighted by Gasteiger charge is -2.32. The van der Waals surface area contributed by atoms with Crippen molar-refractivity contribution in [3.63, 3.8) is 0 Å². The number of benzene rings is 3. The van der Waals surface area contributed by atoms with Gasteiger partial charge in [0, 0.05) is 23.9 Å². The van der Waals surface area contributed by atoms with Gasteiger partial charge in [0.2, 0.25) is 11.8 Å². The lowest BCUT2D eigenvalue weighted by atomic mass is 10.0. The number of nitrogens with zero attached hydrogens (tertiary/aromatic N) is 1. The van der Waals surface area contributed by atoms with E-state index in [1.165, 1.54) is 17.3 Å². The highest BCUT2D eigenvalue weighted by atomic mass is 32.2. The van der Waals surface area contributed by atoms with Crippen molar-refractivity contribution in [2.45, 2.75) is 64.1 Å². The summed E-state index contributed by atoms with van der Waals surface area (Å²) in [5, 5.41) is 3.12. The molecule has 3 rings (SSSR count). The van der Waals surface area contributed by atoms with Gasteiger partial charge in [-0.3, -0.25) is 9.59 Å². The Balaban J connectivity index is 1.90. The number of nitrogens with one attached hydrogen (secondary N) is 1. The van der Waals surface area contributed by atoms with Crippen LogP contribution in [0.2, 0.25) is 0 Å². The van der Waals surface area contributed by atoms with Crippen LogP contribution in [0.5, 0.6) is 0 Å². The van der Waals surface area contributed by atoms with E-state index in [2.05, 4.69) is 23.5 Å². The van der Waals surface area contributed by atoms with Crippen LogP contribution in [0.15, 0.2) is 83.8 Å². The van der Waals surface area contributed by atoms with Crippen LogP contribution in [0.3, 0.4) is 0 Å². The van der Waals surface area contributed by atoms with Crippen LogP contribution in [-0.4, -0.2) is 34.6 Å². The van der Waals surface area contributed by atoms with E-state index in [4.69, 9.17) is 0 Å². The normalized spacial score (nSPS) is 12.6. The second-order valence-electron chi connectivity index (χ2n) is 9.14. The first-order chi connectivity index (χ1) is 16.9. The fraction of sp³-hybridized carbons (Fsp3) is 0.333. The maximum absolute atomic E-state index is 13.7. The second kappa shape index (κ2) is 13.1. The first kappa shape index (κ1) is 26.6.